The first-order valence-corrected chi connectivity index (χ1v) is 5.97. The zero-order chi connectivity index (χ0) is 12.8. The number of nitriles is 1. The van der Waals surface area contributed by atoms with Gasteiger partial charge in [0.1, 0.15) is 0 Å². The van der Waals surface area contributed by atoms with Gasteiger partial charge in [0, 0.05) is 26.1 Å². The molecule has 5 nitrogen and oxygen atoms in total. The van der Waals surface area contributed by atoms with Gasteiger partial charge in [-0.15, -0.1) is 0 Å². The Hall–Kier alpha value is -1.57. The first-order chi connectivity index (χ1) is 8.04. The third-order valence-electron chi connectivity index (χ3n) is 2.72. The second-order valence-corrected chi connectivity index (χ2v) is 4.79. The van der Waals surface area contributed by atoms with Gasteiger partial charge in [0.25, 0.3) is 0 Å². The highest BCUT2D eigenvalue weighted by Gasteiger charge is 2.31. The van der Waals surface area contributed by atoms with Crippen molar-refractivity contribution in [1.29, 1.82) is 5.26 Å². The number of hydrogen-bond acceptors (Lipinski definition) is 3. The average molecular weight is 237 g/mol. The number of nitrogens with one attached hydrogen (secondary N) is 1. The van der Waals surface area contributed by atoms with E-state index in [-0.39, 0.29) is 24.2 Å². The van der Waals surface area contributed by atoms with E-state index in [1.165, 1.54) is 0 Å². The molecule has 0 spiro atoms. The van der Waals surface area contributed by atoms with Crippen LogP contribution in [0.3, 0.4) is 0 Å². The minimum Gasteiger partial charge on any atom is -0.355 e. The molecule has 0 bridgehead atoms. The lowest BCUT2D eigenvalue weighted by Gasteiger charge is -2.25. The maximum absolute atomic E-state index is 12.2. The van der Waals surface area contributed by atoms with Crippen LogP contribution in [-0.2, 0) is 9.59 Å². The lowest BCUT2D eigenvalue weighted by atomic mass is 10.1. The summed E-state index contributed by atoms with van der Waals surface area (Å²) in [5.41, 5.74) is 0. The van der Waals surface area contributed by atoms with Gasteiger partial charge < -0.3 is 10.2 Å². The summed E-state index contributed by atoms with van der Waals surface area (Å²) in [5.74, 6) is 0.0445. The van der Waals surface area contributed by atoms with E-state index in [4.69, 9.17) is 5.26 Å². The van der Waals surface area contributed by atoms with Crippen molar-refractivity contribution in [3.63, 3.8) is 0 Å². The Morgan fingerprint density at radius 1 is 1.65 bits per heavy atom. The smallest absolute Gasteiger partial charge is 0.228 e. The molecule has 1 rings (SSSR count). The lowest BCUT2D eigenvalue weighted by Crippen LogP contribution is -2.39. The molecule has 0 aliphatic carbocycles. The molecule has 2 amide bonds. The van der Waals surface area contributed by atoms with Gasteiger partial charge >= 0.3 is 0 Å². The fourth-order valence-electron chi connectivity index (χ4n) is 1.96. The Balaban J connectivity index is 2.58. The largest absolute Gasteiger partial charge is 0.355 e. The number of amides is 2. The van der Waals surface area contributed by atoms with Crippen molar-refractivity contribution >= 4 is 11.8 Å². The van der Waals surface area contributed by atoms with Gasteiger partial charge in [-0.3, -0.25) is 9.59 Å². The zero-order valence-corrected chi connectivity index (χ0v) is 10.4. The summed E-state index contributed by atoms with van der Waals surface area (Å²) >= 11 is 0. The van der Waals surface area contributed by atoms with Crippen LogP contribution in [0.4, 0.5) is 0 Å². The first kappa shape index (κ1) is 13.5. The SMILES string of the molecule is CC(C)CN(CCC#N)C(=O)C1CNC(=O)C1. The van der Waals surface area contributed by atoms with Crippen molar-refractivity contribution in [3.05, 3.63) is 0 Å². The Morgan fingerprint density at radius 3 is 2.82 bits per heavy atom. The Kier molecular flexibility index (Phi) is 4.95. The van der Waals surface area contributed by atoms with Gasteiger partial charge in [0.2, 0.25) is 11.8 Å². The molecule has 0 radical (unpaired) electrons. The Labute approximate surface area is 102 Å². The van der Waals surface area contributed by atoms with Crippen molar-refractivity contribution in [3.8, 4) is 6.07 Å². The molecule has 0 aromatic carbocycles. The minimum absolute atomic E-state index is 0.00713. The fourth-order valence-corrected chi connectivity index (χ4v) is 1.96. The van der Waals surface area contributed by atoms with Gasteiger partial charge in [-0.1, -0.05) is 13.8 Å². The fraction of sp³-hybridized carbons (Fsp3) is 0.750. The van der Waals surface area contributed by atoms with Crippen LogP contribution in [0.2, 0.25) is 0 Å². The monoisotopic (exact) mass is 237 g/mol. The lowest BCUT2D eigenvalue weighted by molar-refractivity contribution is -0.136. The standard InChI is InChI=1S/C12H19N3O2/c1-9(2)8-15(5-3-4-13)12(17)10-6-11(16)14-7-10/h9-10H,3,5-8H2,1-2H3,(H,14,16). The summed E-state index contributed by atoms with van der Waals surface area (Å²) < 4.78 is 0. The third kappa shape index (κ3) is 4.06. The maximum Gasteiger partial charge on any atom is 0.228 e. The maximum atomic E-state index is 12.2. The van der Waals surface area contributed by atoms with Crippen LogP contribution in [-0.4, -0.2) is 36.3 Å². The zero-order valence-electron chi connectivity index (χ0n) is 10.4. The average Bonchev–Trinajstić information content (AvgIpc) is 2.69. The second kappa shape index (κ2) is 6.24. The highest BCUT2D eigenvalue weighted by molar-refractivity contribution is 5.89. The highest BCUT2D eigenvalue weighted by Crippen LogP contribution is 2.14. The van der Waals surface area contributed by atoms with Crippen LogP contribution in [0, 0.1) is 23.2 Å². The van der Waals surface area contributed by atoms with Gasteiger partial charge in [-0.25, -0.2) is 0 Å². The first-order valence-electron chi connectivity index (χ1n) is 5.97. The van der Waals surface area contributed by atoms with E-state index < -0.39 is 0 Å². The molecule has 1 fully saturated rings. The topological polar surface area (TPSA) is 73.2 Å². The van der Waals surface area contributed by atoms with Gasteiger partial charge in [-0.05, 0) is 5.92 Å². The number of carbonyl (C=O) groups is 2. The number of carbonyl (C=O) groups excluding carboxylic acids is 2. The molecule has 17 heavy (non-hydrogen) atoms. The molecule has 1 atom stereocenters. The molecule has 1 saturated heterocycles. The van der Waals surface area contributed by atoms with Crippen molar-refractivity contribution < 1.29 is 9.59 Å². The van der Waals surface area contributed by atoms with Crippen molar-refractivity contribution in [2.24, 2.45) is 11.8 Å². The molecule has 1 aliphatic heterocycles. The summed E-state index contributed by atoms with van der Waals surface area (Å²) in [6.45, 7) is 5.59. The minimum atomic E-state index is -0.250. The molecule has 0 aromatic heterocycles. The molecule has 1 heterocycles. The summed E-state index contributed by atoms with van der Waals surface area (Å²) in [4.78, 5) is 24.9. The molecule has 1 aliphatic rings. The molecule has 0 aromatic rings. The molecule has 1 N–H and O–H groups in total. The van der Waals surface area contributed by atoms with Crippen molar-refractivity contribution in [1.82, 2.24) is 10.2 Å². The predicted molar refractivity (Wildman–Crippen MR) is 62.8 cm³/mol. The van der Waals surface area contributed by atoms with Crippen LogP contribution >= 0.6 is 0 Å². The van der Waals surface area contributed by atoms with Crippen molar-refractivity contribution in [2.45, 2.75) is 26.7 Å². The second-order valence-electron chi connectivity index (χ2n) is 4.79. The quantitative estimate of drug-likeness (QED) is 0.757. The Morgan fingerprint density at radius 2 is 2.35 bits per heavy atom. The van der Waals surface area contributed by atoms with E-state index in [2.05, 4.69) is 5.32 Å². The number of nitrogens with zero attached hydrogens (tertiary/aromatic N) is 2. The van der Waals surface area contributed by atoms with E-state index >= 15 is 0 Å². The van der Waals surface area contributed by atoms with Crippen LogP contribution < -0.4 is 5.32 Å². The summed E-state index contributed by atoms with van der Waals surface area (Å²) in [6.07, 6.45) is 0.618. The van der Waals surface area contributed by atoms with Gasteiger partial charge in [0.15, 0.2) is 0 Å². The van der Waals surface area contributed by atoms with Crippen LogP contribution in [0.1, 0.15) is 26.7 Å². The summed E-state index contributed by atoms with van der Waals surface area (Å²) in [7, 11) is 0. The van der Waals surface area contributed by atoms with Crippen molar-refractivity contribution in [2.75, 3.05) is 19.6 Å². The summed E-state index contributed by atoms with van der Waals surface area (Å²) in [5, 5.41) is 11.2. The van der Waals surface area contributed by atoms with Gasteiger partial charge in [-0.2, -0.15) is 5.26 Å². The van der Waals surface area contributed by atoms with Crippen LogP contribution in [0.5, 0.6) is 0 Å². The third-order valence-corrected chi connectivity index (χ3v) is 2.72. The van der Waals surface area contributed by atoms with E-state index in [0.29, 0.717) is 32.0 Å². The molecule has 0 saturated carbocycles. The molecule has 1 unspecified atom stereocenters. The van der Waals surface area contributed by atoms with Crippen LogP contribution in [0.25, 0.3) is 0 Å². The van der Waals surface area contributed by atoms with E-state index in [1.807, 2.05) is 19.9 Å². The van der Waals surface area contributed by atoms with Crippen LogP contribution in [0.15, 0.2) is 0 Å². The molecular formula is C12H19N3O2. The normalized spacial score (nSPS) is 18.9. The van der Waals surface area contributed by atoms with E-state index in [9.17, 15) is 9.59 Å². The molecule has 94 valence electrons. The predicted octanol–water partition coefficient (Wildman–Crippen LogP) is 0.521. The number of hydrogen-bond donors (Lipinski definition) is 1. The summed E-state index contributed by atoms with van der Waals surface area (Å²) in [6, 6.07) is 2.05. The van der Waals surface area contributed by atoms with E-state index in [0.717, 1.165) is 0 Å². The number of rotatable bonds is 5. The van der Waals surface area contributed by atoms with E-state index in [1.54, 1.807) is 4.90 Å². The van der Waals surface area contributed by atoms with Gasteiger partial charge in [0.05, 0.1) is 18.4 Å². The molecular weight excluding hydrogens is 218 g/mol. The Bertz CT molecular complexity index is 333. The molecule has 5 heteroatoms. The highest BCUT2D eigenvalue weighted by atomic mass is 16.2.